The molecule has 20 heavy (non-hydrogen) atoms. The van der Waals surface area contributed by atoms with E-state index in [1.54, 1.807) is 6.07 Å². The predicted octanol–water partition coefficient (Wildman–Crippen LogP) is 2.75. The minimum Gasteiger partial charge on any atom is -0.483 e. The molecule has 0 spiro atoms. The van der Waals surface area contributed by atoms with Gasteiger partial charge in [-0.2, -0.15) is 0 Å². The Morgan fingerprint density at radius 3 is 2.95 bits per heavy atom. The normalized spacial score (nSPS) is 18.9. The van der Waals surface area contributed by atoms with E-state index in [0.717, 1.165) is 37.1 Å². The number of aryl methyl sites for hydroxylation is 1. The van der Waals surface area contributed by atoms with Crippen LogP contribution in [0.15, 0.2) is 18.2 Å². The molecule has 1 amide bonds. The van der Waals surface area contributed by atoms with Crippen LogP contribution < -0.4 is 10.5 Å². The summed E-state index contributed by atoms with van der Waals surface area (Å²) in [5.74, 6) is 0.824. The zero-order valence-corrected chi connectivity index (χ0v) is 12.4. The first-order valence-electron chi connectivity index (χ1n) is 7.40. The van der Waals surface area contributed by atoms with E-state index >= 15 is 0 Å². The predicted molar refractivity (Wildman–Crippen MR) is 80.7 cm³/mol. The summed E-state index contributed by atoms with van der Waals surface area (Å²) >= 11 is 0. The highest BCUT2D eigenvalue weighted by Gasteiger charge is 2.25. The van der Waals surface area contributed by atoms with Crippen molar-refractivity contribution in [2.24, 2.45) is 0 Å². The maximum atomic E-state index is 12.3. The molecule has 0 saturated carbocycles. The molecule has 1 aromatic rings. The fourth-order valence-corrected chi connectivity index (χ4v) is 2.81. The van der Waals surface area contributed by atoms with Crippen LogP contribution in [0.2, 0.25) is 0 Å². The lowest BCUT2D eigenvalue weighted by Crippen LogP contribution is -2.45. The first-order valence-corrected chi connectivity index (χ1v) is 7.40. The third-order valence-corrected chi connectivity index (χ3v) is 3.97. The van der Waals surface area contributed by atoms with Crippen LogP contribution in [-0.2, 0) is 4.79 Å². The third-order valence-electron chi connectivity index (χ3n) is 3.97. The standard InChI is InChI=1S/C16H24N2O2/c1-3-14-6-4-5-9-18(14)16(19)11-20-15-8-7-13(17)10-12(15)2/h7-8,10,14H,3-6,9,11,17H2,1-2H3. The lowest BCUT2D eigenvalue weighted by atomic mass is 10.00. The molecule has 1 aromatic carbocycles. The lowest BCUT2D eigenvalue weighted by Gasteiger charge is -2.35. The van der Waals surface area contributed by atoms with Crippen molar-refractivity contribution in [2.45, 2.75) is 45.6 Å². The van der Waals surface area contributed by atoms with E-state index in [0.29, 0.717) is 11.7 Å². The number of carbonyl (C=O) groups is 1. The Kier molecular flexibility index (Phi) is 4.88. The summed E-state index contributed by atoms with van der Waals surface area (Å²) in [6.07, 6.45) is 4.46. The Balaban J connectivity index is 1.94. The highest BCUT2D eigenvalue weighted by atomic mass is 16.5. The summed E-state index contributed by atoms with van der Waals surface area (Å²) in [6, 6.07) is 5.86. The van der Waals surface area contributed by atoms with E-state index in [9.17, 15) is 4.79 Å². The van der Waals surface area contributed by atoms with Crippen molar-refractivity contribution in [3.05, 3.63) is 23.8 Å². The molecule has 1 unspecified atom stereocenters. The summed E-state index contributed by atoms with van der Waals surface area (Å²) in [5, 5.41) is 0. The summed E-state index contributed by atoms with van der Waals surface area (Å²) in [5.41, 5.74) is 7.38. The minimum atomic E-state index is 0.0905. The van der Waals surface area contributed by atoms with Crippen molar-refractivity contribution < 1.29 is 9.53 Å². The topological polar surface area (TPSA) is 55.6 Å². The molecule has 2 rings (SSSR count). The Morgan fingerprint density at radius 1 is 1.45 bits per heavy atom. The highest BCUT2D eigenvalue weighted by Crippen LogP contribution is 2.22. The molecular weight excluding hydrogens is 252 g/mol. The van der Waals surface area contributed by atoms with Crippen LogP contribution in [0.25, 0.3) is 0 Å². The number of carbonyl (C=O) groups excluding carboxylic acids is 1. The number of ether oxygens (including phenoxy) is 1. The molecule has 1 aliphatic heterocycles. The van der Waals surface area contributed by atoms with Crippen molar-refractivity contribution in [2.75, 3.05) is 18.9 Å². The second-order valence-corrected chi connectivity index (χ2v) is 5.46. The number of anilines is 1. The summed E-state index contributed by atoms with van der Waals surface area (Å²) in [4.78, 5) is 14.3. The van der Waals surface area contributed by atoms with Crippen LogP contribution in [0, 0.1) is 6.92 Å². The zero-order valence-electron chi connectivity index (χ0n) is 12.4. The second kappa shape index (κ2) is 6.64. The van der Waals surface area contributed by atoms with Gasteiger partial charge in [0.05, 0.1) is 0 Å². The maximum absolute atomic E-state index is 12.3. The number of nitrogen functional groups attached to an aromatic ring is 1. The number of piperidine rings is 1. The quantitative estimate of drug-likeness (QED) is 0.860. The van der Waals surface area contributed by atoms with Crippen LogP contribution >= 0.6 is 0 Å². The Hall–Kier alpha value is -1.71. The summed E-state index contributed by atoms with van der Waals surface area (Å²) in [7, 11) is 0. The number of amides is 1. The first-order chi connectivity index (χ1) is 9.61. The second-order valence-electron chi connectivity index (χ2n) is 5.46. The highest BCUT2D eigenvalue weighted by molar-refractivity contribution is 5.78. The van der Waals surface area contributed by atoms with Gasteiger partial charge in [-0.15, -0.1) is 0 Å². The van der Waals surface area contributed by atoms with Gasteiger partial charge in [-0.05, 0) is 56.4 Å². The lowest BCUT2D eigenvalue weighted by molar-refractivity contribution is -0.137. The molecule has 1 fully saturated rings. The first kappa shape index (κ1) is 14.7. The molecule has 0 aromatic heterocycles. The van der Waals surface area contributed by atoms with Gasteiger partial charge in [0.2, 0.25) is 0 Å². The van der Waals surface area contributed by atoms with Gasteiger partial charge < -0.3 is 15.4 Å². The van der Waals surface area contributed by atoms with Gasteiger partial charge >= 0.3 is 0 Å². The molecule has 0 bridgehead atoms. The van der Waals surface area contributed by atoms with Crippen molar-refractivity contribution in [1.29, 1.82) is 0 Å². The monoisotopic (exact) mass is 276 g/mol. The number of hydrogen-bond acceptors (Lipinski definition) is 3. The molecule has 4 heteroatoms. The van der Waals surface area contributed by atoms with Crippen molar-refractivity contribution in [3.63, 3.8) is 0 Å². The molecule has 0 radical (unpaired) electrons. The van der Waals surface area contributed by atoms with Gasteiger partial charge in [-0.1, -0.05) is 6.92 Å². The smallest absolute Gasteiger partial charge is 0.260 e. The van der Waals surface area contributed by atoms with E-state index in [2.05, 4.69) is 6.92 Å². The SMILES string of the molecule is CCC1CCCCN1C(=O)COc1ccc(N)cc1C. The van der Waals surface area contributed by atoms with E-state index in [1.807, 2.05) is 24.0 Å². The Labute approximate surface area is 120 Å². The van der Waals surface area contributed by atoms with E-state index in [-0.39, 0.29) is 12.5 Å². The molecule has 1 heterocycles. The van der Waals surface area contributed by atoms with E-state index in [4.69, 9.17) is 10.5 Å². The Bertz CT molecular complexity index is 474. The molecule has 0 aliphatic carbocycles. The largest absolute Gasteiger partial charge is 0.483 e. The van der Waals surface area contributed by atoms with Crippen LogP contribution in [0.4, 0.5) is 5.69 Å². The maximum Gasteiger partial charge on any atom is 0.260 e. The van der Waals surface area contributed by atoms with Gasteiger partial charge in [0.25, 0.3) is 5.91 Å². The molecule has 1 aliphatic rings. The van der Waals surface area contributed by atoms with Crippen LogP contribution in [0.1, 0.15) is 38.2 Å². The van der Waals surface area contributed by atoms with E-state index < -0.39 is 0 Å². The van der Waals surface area contributed by atoms with Crippen LogP contribution in [-0.4, -0.2) is 30.0 Å². The van der Waals surface area contributed by atoms with Crippen molar-refractivity contribution >= 4 is 11.6 Å². The minimum absolute atomic E-state index is 0.0905. The average molecular weight is 276 g/mol. The number of benzene rings is 1. The molecule has 110 valence electrons. The number of nitrogens with zero attached hydrogens (tertiary/aromatic N) is 1. The van der Waals surface area contributed by atoms with Gasteiger partial charge in [-0.3, -0.25) is 4.79 Å². The fourth-order valence-electron chi connectivity index (χ4n) is 2.81. The van der Waals surface area contributed by atoms with Gasteiger partial charge in [0.15, 0.2) is 6.61 Å². The van der Waals surface area contributed by atoms with Crippen LogP contribution in [0.3, 0.4) is 0 Å². The van der Waals surface area contributed by atoms with E-state index in [1.165, 1.54) is 6.42 Å². The molecule has 1 atom stereocenters. The number of nitrogens with two attached hydrogens (primary N) is 1. The number of hydrogen-bond donors (Lipinski definition) is 1. The van der Waals surface area contributed by atoms with Gasteiger partial charge in [-0.25, -0.2) is 0 Å². The number of likely N-dealkylation sites (tertiary alicyclic amines) is 1. The molecular formula is C16H24N2O2. The van der Waals surface area contributed by atoms with Crippen molar-refractivity contribution in [3.8, 4) is 5.75 Å². The molecule has 2 N–H and O–H groups in total. The van der Waals surface area contributed by atoms with Crippen molar-refractivity contribution in [1.82, 2.24) is 4.90 Å². The third kappa shape index (κ3) is 3.44. The fraction of sp³-hybridized carbons (Fsp3) is 0.562. The summed E-state index contributed by atoms with van der Waals surface area (Å²) in [6.45, 7) is 5.05. The van der Waals surface area contributed by atoms with Crippen LogP contribution in [0.5, 0.6) is 5.75 Å². The molecule has 4 nitrogen and oxygen atoms in total. The average Bonchev–Trinajstić information content (AvgIpc) is 2.46. The van der Waals surface area contributed by atoms with Gasteiger partial charge in [0.1, 0.15) is 5.75 Å². The van der Waals surface area contributed by atoms with Gasteiger partial charge in [0, 0.05) is 18.3 Å². The molecule has 1 saturated heterocycles. The Morgan fingerprint density at radius 2 is 2.25 bits per heavy atom. The number of rotatable bonds is 4. The zero-order chi connectivity index (χ0) is 14.5. The summed E-state index contributed by atoms with van der Waals surface area (Å²) < 4.78 is 5.65.